The van der Waals surface area contributed by atoms with Gasteiger partial charge in [0.2, 0.25) is 10.0 Å². The molecule has 0 saturated heterocycles. The van der Waals surface area contributed by atoms with Crippen LogP contribution in [0, 0.1) is 0 Å². The number of benzene rings is 2. The molecule has 0 aliphatic carbocycles. The number of sulfonamides is 1. The summed E-state index contributed by atoms with van der Waals surface area (Å²) in [6.45, 7) is 2.59. The molecule has 0 amide bonds. The summed E-state index contributed by atoms with van der Waals surface area (Å²) in [6, 6.07) is 14.3. The first kappa shape index (κ1) is 17.8. The van der Waals surface area contributed by atoms with Crippen molar-refractivity contribution >= 4 is 10.0 Å². The summed E-state index contributed by atoms with van der Waals surface area (Å²) < 4.78 is 35.3. The van der Waals surface area contributed by atoms with Crippen LogP contribution in [0.4, 0.5) is 0 Å². The first-order valence-corrected chi connectivity index (χ1v) is 10.4. The van der Waals surface area contributed by atoms with Gasteiger partial charge >= 0.3 is 0 Å². The lowest BCUT2D eigenvalue weighted by Gasteiger charge is -2.15. The van der Waals surface area contributed by atoms with E-state index in [2.05, 4.69) is 15.9 Å². The van der Waals surface area contributed by atoms with Crippen LogP contribution in [0.25, 0.3) is 5.69 Å². The fraction of sp³-hybridized carbons (Fsp3) is 0.250. The van der Waals surface area contributed by atoms with Gasteiger partial charge in [-0.2, -0.15) is 5.10 Å². The van der Waals surface area contributed by atoms with E-state index in [4.69, 9.17) is 4.74 Å². The van der Waals surface area contributed by atoms with Crippen molar-refractivity contribution in [2.45, 2.75) is 30.7 Å². The van der Waals surface area contributed by atoms with Crippen LogP contribution in [-0.2, 0) is 22.9 Å². The van der Waals surface area contributed by atoms with Crippen molar-refractivity contribution < 1.29 is 13.2 Å². The van der Waals surface area contributed by atoms with E-state index in [1.807, 2.05) is 31.3 Å². The number of nitrogens with one attached hydrogen (secondary N) is 1. The average Bonchev–Trinajstić information content (AvgIpc) is 3.33. The van der Waals surface area contributed by atoms with Gasteiger partial charge in [-0.15, -0.1) is 0 Å². The Morgan fingerprint density at radius 3 is 2.78 bits per heavy atom. The topological polar surface area (TPSA) is 73.2 Å². The van der Waals surface area contributed by atoms with E-state index in [0.717, 1.165) is 30.0 Å². The molecule has 0 bridgehead atoms. The van der Waals surface area contributed by atoms with Crippen molar-refractivity contribution in [3.05, 3.63) is 72.1 Å². The van der Waals surface area contributed by atoms with Crippen LogP contribution in [0.3, 0.4) is 0 Å². The van der Waals surface area contributed by atoms with Crippen molar-refractivity contribution in [3.8, 4) is 11.4 Å². The Balaban J connectivity index is 1.44. The fourth-order valence-corrected chi connectivity index (χ4v) is 4.54. The number of rotatable bonds is 6. The first-order chi connectivity index (χ1) is 13.0. The van der Waals surface area contributed by atoms with E-state index >= 15 is 0 Å². The standard InChI is InChI=1S/C20H21N3O3S/c1-15(13-16-3-8-20-17(14-16)9-12-26-20)22-27(24,25)19-6-4-18(5-7-19)23-11-2-10-21-23/h2-8,10-11,14-15,22H,9,12-13H2,1H3/t15-/m0/s1. The van der Waals surface area contributed by atoms with Crippen molar-refractivity contribution in [2.24, 2.45) is 0 Å². The number of hydrogen-bond acceptors (Lipinski definition) is 4. The highest BCUT2D eigenvalue weighted by molar-refractivity contribution is 7.89. The van der Waals surface area contributed by atoms with E-state index in [-0.39, 0.29) is 10.9 Å². The van der Waals surface area contributed by atoms with E-state index in [0.29, 0.717) is 6.42 Å². The van der Waals surface area contributed by atoms with Gasteiger partial charge in [0, 0.05) is 24.9 Å². The van der Waals surface area contributed by atoms with Crippen LogP contribution in [-0.4, -0.2) is 30.8 Å². The minimum absolute atomic E-state index is 0.221. The van der Waals surface area contributed by atoms with Gasteiger partial charge in [0.1, 0.15) is 5.75 Å². The molecule has 140 valence electrons. The monoisotopic (exact) mass is 383 g/mol. The molecular formula is C20H21N3O3S. The number of aromatic nitrogens is 2. The Morgan fingerprint density at radius 2 is 2.04 bits per heavy atom. The van der Waals surface area contributed by atoms with Crippen molar-refractivity contribution in [2.75, 3.05) is 6.61 Å². The first-order valence-electron chi connectivity index (χ1n) is 8.88. The van der Waals surface area contributed by atoms with Crippen molar-refractivity contribution in [1.82, 2.24) is 14.5 Å². The molecule has 1 aliphatic rings. The smallest absolute Gasteiger partial charge is 0.240 e. The molecule has 0 radical (unpaired) electrons. The zero-order valence-corrected chi connectivity index (χ0v) is 15.8. The minimum Gasteiger partial charge on any atom is -0.493 e. The molecule has 2 aromatic carbocycles. The molecule has 27 heavy (non-hydrogen) atoms. The molecule has 0 saturated carbocycles. The molecular weight excluding hydrogens is 362 g/mol. The third-order valence-electron chi connectivity index (χ3n) is 4.57. The molecule has 0 fully saturated rings. The zero-order valence-electron chi connectivity index (χ0n) is 15.0. The zero-order chi connectivity index (χ0) is 18.9. The molecule has 0 unspecified atom stereocenters. The summed E-state index contributed by atoms with van der Waals surface area (Å²) in [5.74, 6) is 0.934. The molecule has 0 spiro atoms. The van der Waals surface area contributed by atoms with Crippen LogP contribution in [0.1, 0.15) is 18.1 Å². The Labute approximate surface area is 158 Å². The lowest BCUT2D eigenvalue weighted by molar-refractivity contribution is 0.357. The summed E-state index contributed by atoms with van der Waals surface area (Å²) in [7, 11) is -3.58. The normalized spacial score (nSPS) is 14.6. The van der Waals surface area contributed by atoms with Crippen molar-refractivity contribution in [1.29, 1.82) is 0 Å². The summed E-state index contributed by atoms with van der Waals surface area (Å²) in [4.78, 5) is 0.243. The number of hydrogen-bond donors (Lipinski definition) is 1. The Hall–Kier alpha value is -2.64. The maximum absolute atomic E-state index is 12.7. The van der Waals surface area contributed by atoms with E-state index < -0.39 is 10.0 Å². The maximum Gasteiger partial charge on any atom is 0.240 e. The predicted octanol–water partition coefficient (Wildman–Crippen LogP) is 2.72. The highest BCUT2D eigenvalue weighted by Gasteiger charge is 2.19. The summed E-state index contributed by atoms with van der Waals surface area (Å²) >= 11 is 0. The van der Waals surface area contributed by atoms with Gasteiger partial charge in [-0.3, -0.25) is 0 Å². The van der Waals surface area contributed by atoms with Crippen LogP contribution in [0.15, 0.2) is 65.8 Å². The molecule has 1 aliphatic heterocycles. The molecule has 3 aromatic rings. The molecule has 1 N–H and O–H groups in total. The van der Waals surface area contributed by atoms with E-state index in [1.54, 1.807) is 35.1 Å². The van der Waals surface area contributed by atoms with Gasteiger partial charge in [0.15, 0.2) is 0 Å². The largest absolute Gasteiger partial charge is 0.493 e. The predicted molar refractivity (Wildman–Crippen MR) is 103 cm³/mol. The van der Waals surface area contributed by atoms with Gasteiger partial charge in [0.25, 0.3) is 0 Å². The van der Waals surface area contributed by atoms with Crippen LogP contribution < -0.4 is 9.46 Å². The molecule has 7 heteroatoms. The number of nitrogens with zero attached hydrogens (tertiary/aromatic N) is 2. The summed E-state index contributed by atoms with van der Waals surface area (Å²) in [5.41, 5.74) is 3.10. The Kier molecular flexibility index (Phi) is 4.72. The highest BCUT2D eigenvalue weighted by Crippen LogP contribution is 2.26. The Morgan fingerprint density at radius 1 is 1.22 bits per heavy atom. The number of ether oxygens (including phenoxy) is 1. The highest BCUT2D eigenvalue weighted by atomic mass is 32.2. The second-order valence-corrected chi connectivity index (χ2v) is 8.43. The SMILES string of the molecule is C[C@@H](Cc1ccc2c(c1)CCO2)NS(=O)(=O)c1ccc(-n2cccn2)cc1. The minimum atomic E-state index is -3.58. The van der Waals surface area contributed by atoms with Gasteiger partial charge in [-0.1, -0.05) is 12.1 Å². The number of fused-ring (bicyclic) bond motifs is 1. The summed E-state index contributed by atoms with van der Waals surface area (Å²) in [6.07, 6.45) is 5.02. The quantitative estimate of drug-likeness (QED) is 0.710. The lowest BCUT2D eigenvalue weighted by Crippen LogP contribution is -2.34. The van der Waals surface area contributed by atoms with Gasteiger partial charge in [0.05, 0.1) is 17.2 Å². The van der Waals surface area contributed by atoms with E-state index in [9.17, 15) is 8.42 Å². The van der Waals surface area contributed by atoms with Gasteiger partial charge in [-0.25, -0.2) is 17.8 Å². The lowest BCUT2D eigenvalue weighted by atomic mass is 10.0. The maximum atomic E-state index is 12.7. The third-order valence-corrected chi connectivity index (χ3v) is 6.17. The fourth-order valence-electron chi connectivity index (χ4n) is 3.29. The summed E-state index contributed by atoms with van der Waals surface area (Å²) in [5, 5.41) is 4.14. The van der Waals surface area contributed by atoms with Gasteiger partial charge in [-0.05, 0) is 60.9 Å². The van der Waals surface area contributed by atoms with Gasteiger partial charge < -0.3 is 4.74 Å². The molecule has 1 aromatic heterocycles. The second-order valence-electron chi connectivity index (χ2n) is 6.71. The van der Waals surface area contributed by atoms with Crippen LogP contribution in [0.2, 0.25) is 0 Å². The Bertz CT molecular complexity index is 1030. The van der Waals surface area contributed by atoms with E-state index in [1.165, 1.54) is 5.56 Å². The molecule has 4 rings (SSSR count). The second kappa shape index (κ2) is 7.17. The molecule has 2 heterocycles. The molecule has 1 atom stereocenters. The molecule has 6 nitrogen and oxygen atoms in total. The van der Waals surface area contributed by atoms with Crippen LogP contribution >= 0.6 is 0 Å². The van der Waals surface area contributed by atoms with Crippen LogP contribution in [0.5, 0.6) is 5.75 Å². The van der Waals surface area contributed by atoms with Crippen molar-refractivity contribution in [3.63, 3.8) is 0 Å². The average molecular weight is 383 g/mol. The third kappa shape index (κ3) is 3.89.